The Morgan fingerprint density at radius 3 is 3.07 bits per heavy atom. The van der Waals surface area contributed by atoms with E-state index in [1.807, 2.05) is 6.07 Å². The standard InChI is InChI=1S/C10H11ClN2O2/c1-10(6-14)5-8(13-15-10)7-3-2-4-12-9(7)11/h2-5,13-14H,6H2,1H3. The van der Waals surface area contributed by atoms with Crippen LogP contribution in [-0.2, 0) is 4.84 Å². The van der Waals surface area contributed by atoms with Crippen LogP contribution in [0.3, 0.4) is 0 Å². The smallest absolute Gasteiger partial charge is 0.138 e. The maximum Gasteiger partial charge on any atom is 0.138 e. The molecule has 2 N–H and O–H groups in total. The lowest BCUT2D eigenvalue weighted by atomic mass is 10.1. The number of nitrogens with one attached hydrogen (secondary N) is 1. The molecule has 2 rings (SSSR count). The molecule has 1 aliphatic heterocycles. The fraction of sp³-hybridized carbons (Fsp3) is 0.300. The average molecular weight is 227 g/mol. The Kier molecular flexibility index (Phi) is 2.65. The molecule has 0 bridgehead atoms. The molecule has 0 amide bonds. The minimum Gasteiger partial charge on any atom is -0.393 e. The van der Waals surface area contributed by atoms with Gasteiger partial charge in [0.1, 0.15) is 10.8 Å². The predicted octanol–water partition coefficient (Wildman–Crippen LogP) is 1.36. The summed E-state index contributed by atoms with van der Waals surface area (Å²) in [5.41, 5.74) is 3.52. The SMILES string of the molecule is CC1(CO)C=C(c2cccnc2Cl)NO1. The van der Waals surface area contributed by atoms with Crippen LogP contribution >= 0.6 is 11.6 Å². The van der Waals surface area contributed by atoms with E-state index in [-0.39, 0.29) is 6.61 Å². The van der Waals surface area contributed by atoms with Crippen molar-refractivity contribution in [3.8, 4) is 0 Å². The molecule has 0 radical (unpaired) electrons. The van der Waals surface area contributed by atoms with Crippen molar-refractivity contribution in [1.82, 2.24) is 10.5 Å². The fourth-order valence-corrected chi connectivity index (χ4v) is 1.55. The Morgan fingerprint density at radius 1 is 1.67 bits per heavy atom. The molecular formula is C10H11ClN2O2. The monoisotopic (exact) mass is 226 g/mol. The van der Waals surface area contributed by atoms with E-state index in [2.05, 4.69) is 10.5 Å². The molecule has 1 aliphatic rings. The summed E-state index contributed by atoms with van der Waals surface area (Å²) in [7, 11) is 0. The quantitative estimate of drug-likeness (QED) is 0.748. The third-order valence-corrected chi connectivity index (χ3v) is 2.51. The van der Waals surface area contributed by atoms with Gasteiger partial charge >= 0.3 is 0 Å². The van der Waals surface area contributed by atoms with Crippen LogP contribution in [-0.4, -0.2) is 22.3 Å². The maximum atomic E-state index is 9.10. The fourth-order valence-electron chi connectivity index (χ4n) is 1.33. The van der Waals surface area contributed by atoms with Crippen molar-refractivity contribution in [2.75, 3.05) is 6.61 Å². The first kappa shape index (κ1) is 10.4. The molecule has 2 heterocycles. The number of hydroxylamine groups is 1. The van der Waals surface area contributed by atoms with Gasteiger partial charge < -0.3 is 5.11 Å². The van der Waals surface area contributed by atoms with Crippen LogP contribution in [0.25, 0.3) is 5.70 Å². The molecule has 5 heteroatoms. The Balaban J connectivity index is 2.35. The van der Waals surface area contributed by atoms with E-state index >= 15 is 0 Å². The van der Waals surface area contributed by atoms with Crippen LogP contribution in [0.5, 0.6) is 0 Å². The summed E-state index contributed by atoms with van der Waals surface area (Å²) in [6, 6.07) is 3.62. The second-order valence-corrected chi connectivity index (χ2v) is 3.93. The van der Waals surface area contributed by atoms with Gasteiger partial charge in [0.25, 0.3) is 0 Å². The molecular weight excluding hydrogens is 216 g/mol. The van der Waals surface area contributed by atoms with Gasteiger partial charge in [-0.15, -0.1) is 0 Å². The number of aromatic nitrogens is 1. The zero-order valence-electron chi connectivity index (χ0n) is 8.20. The molecule has 0 fully saturated rings. The lowest BCUT2D eigenvalue weighted by Crippen LogP contribution is -2.29. The molecule has 1 atom stereocenters. The highest BCUT2D eigenvalue weighted by Crippen LogP contribution is 2.28. The lowest BCUT2D eigenvalue weighted by molar-refractivity contribution is -0.0532. The topological polar surface area (TPSA) is 54.4 Å². The second kappa shape index (κ2) is 3.81. The number of hydrogen-bond donors (Lipinski definition) is 2. The first-order chi connectivity index (χ1) is 7.14. The normalized spacial score (nSPS) is 24.9. The lowest BCUT2D eigenvalue weighted by Gasteiger charge is -2.15. The highest BCUT2D eigenvalue weighted by atomic mass is 35.5. The summed E-state index contributed by atoms with van der Waals surface area (Å²) >= 11 is 5.93. The Labute approximate surface area is 92.5 Å². The van der Waals surface area contributed by atoms with Gasteiger partial charge in [-0.2, -0.15) is 0 Å². The molecule has 1 aromatic rings. The van der Waals surface area contributed by atoms with Crippen LogP contribution in [0.15, 0.2) is 24.4 Å². The Morgan fingerprint density at radius 2 is 2.47 bits per heavy atom. The van der Waals surface area contributed by atoms with Crippen LogP contribution in [0.4, 0.5) is 0 Å². The summed E-state index contributed by atoms with van der Waals surface area (Å²) in [5.74, 6) is 0. The van der Waals surface area contributed by atoms with Crippen molar-refractivity contribution in [2.45, 2.75) is 12.5 Å². The first-order valence-electron chi connectivity index (χ1n) is 4.53. The largest absolute Gasteiger partial charge is 0.393 e. The number of hydrogen-bond acceptors (Lipinski definition) is 4. The van der Waals surface area contributed by atoms with Crippen molar-refractivity contribution in [3.63, 3.8) is 0 Å². The summed E-state index contributed by atoms with van der Waals surface area (Å²) in [5, 5.41) is 9.51. The zero-order valence-corrected chi connectivity index (χ0v) is 8.95. The third-order valence-electron chi connectivity index (χ3n) is 2.21. The van der Waals surface area contributed by atoms with E-state index in [1.54, 1.807) is 25.3 Å². The Bertz CT molecular complexity index is 408. The highest BCUT2D eigenvalue weighted by Gasteiger charge is 2.30. The molecule has 0 aromatic carbocycles. The first-order valence-corrected chi connectivity index (χ1v) is 4.91. The average Bonchev–Trinajstić information content (AvgIpc) is 2.63. The molecule has 1 unspecified atom stereocenters. The molecule has 0 saturated carbocycles. The van der Waals surface area contributed by atoms with Crippen molar-refractivity contribution in [1.29, 1.82) is 0 Å². The van der Waals surface area contributed by atoms with Gasteiger partial charge in [0.15, 0.2) is 0 Å². The Hall–Kier alpha value is -1.10. The van der Waals surface area contributed by atoms with Crippen molar-refractivity contribution in [3.05, 3.63) is 35.1 Å². The molecule has 1 aromatic heterocycles. The van der Waals surface area contributed by atoms with E-state index in [0.29, 0.717) is 5.15 Å². The number of aliphatic hydroxyl groups excluding tert-OH is 1. The number of aliphatic hydroxyl groups is 1. The van der Waals surface area contributed by atoms with E-state index in [4.69, 9.17) is 21.5 Å². The number of halogens is 1. The molecule has 0 saturated heterocycles. The maximum absolute atomic E-state index is 9.10. The van der Waals surface area contributed by atoms with Crippen molar-refractivity contribution in [2.24, 2.45) is 0 Å². The van der Waals surface area contributed by atoms with Crippen LogP contribution in [0.2, 0.25) is 5.15 Å². The van der Waals surface area contributed by atoms with Crippen molar-refractivity contribution < 1.29 is 9.94 Å². The van der Waals surface area contributed by atoms with Crippen molar-refractivity contribution >= 4 is 17.3 Å². The van der Waals surface area contributed by atoms with Crippen LogP contribution < -0.4 is 5.48 Å². The van der Waals surface area contributed by atoms with E-state index < -0.39 is 5.60 Å². The van der Waals surface area contributed by atoms with Gasteiger partial charge in [-0.3, -0.25) is 10.3 Å². The van der Waals surface area contributed by atoms with Gasteiger partial charge in [0, 0.05) is 11.8 Å². The minimum atomic E-state index is -0.700. The summed E-state index contributed by atoms with van der Waals surface area (Å²) in [6.45, 7) is 1.68. The van der Waals surface area contributed by atoms with Gasteiger partial charge in [0.05, 0.1) is 12.3 Å². The van der Waals surface area contributed by atoms with Gasteiger partial charge in [-0.1, -0.05) is 11.6 Å². The highest BCUT2D eigenvalue weighted by molar-refractivity contribution is 6.31. The summed E-state index contributed by atoms with van der Waals surface area (Å²) in [6.07, 6.45) is 3.41. The third kappa shape index (κ3) is 1.97. The number of nitrogens with zero attached hydrogens (tertiary/aromatic N) is 1. The van der Waals surface area contributed by atoms with E-state index in [9.17, 15) is 0 Å². The molecule has 80 valence electrons. The van der Waals surface area contributed by atoms with Crippen LogP contribution in [0, 0.1) is 0 Å². The molecule has 15 heavy (non-hydrogen) atoms. The molecule has 4 nitrogen and oxygen atoms in total. The predicted molar refractivity (Wildman–Crippen MR) is 56.9 cm³/mol. The van der Waals surface area contributed by atoms with Gasteiger partial charge in [-0.05, 0) is 25.1 Å². The van der Waals surface area contributed by atoms with E-state index in [1.165, 1.54) is 0 Å². The van der Waals surface area contributed by atoms with E-state index in [0.717, 1.165) is 11.3 Å². The molecule has 0 spiro atoms. The van der Waals surface area contributed by atoms with Gasteiger partial charge in [-0.25, -0.2) is 4.98 Å². The minimum absolute atomic E-state index is 0.0959. The zero-order chi connectivity index (χ0) is 10.9. The summed E-state index contributed by atoms with van der Waals surface area (Å²) in [4.78, 5) is 9.20. The van der Waals surface area contributed by atoms with Gasteiger partial charge in [0.2, 0.25) is 0 Å². The van der Waals surface area contributed by atoms with Crippen LogP contribution in [0.1, 0.15) is 12.5 Å². The number of rotatable bonds is 2. The summed E-state index contributed by atoms with van der Waals surface area (Å²) < 4.78 is 0. The molecule has 0 aliphatic carbocycles. The second-order valence-electron chi connectivity index (χ2n) is 3.57. The number of pyridine rings is 1.